The summed E-state index contributed by atoms with van der Waals surface area (Å²) in [6, 6.07) is 0. The molecule has 0 aliphatic carbocycles. The summed E-state index contributed by atoms with van der Waals surface area (Å²) < 4.78 is 6.48. The van der Waals surface area contributed by atoms with Crippen LogP contribution in [0.1, 0.15) is 32.6 Å². The summed E-state index contributed by atoms with van der Waals surface area (Å²) >= 11 is 2.17. The summed E-state index contributed by atoms with van der Waals surface area (Å²) in [4.78, 5) is 0. The Morgan fingerprint density at radius 1 is 1.54 bits per heavy atom. The minimum atomic E-state index is -0.119. The van der Waals surface area contributed by atoms with Crippen LogP contribution in [-0.4, -0.2) is 32.2 Å². The Bertz CT molecular complexity index is 112. The molecule has 0 aliphatic heterocycles. The van der Waals surface area contributed by atoms with Gasteiger partial charge < -0.3 is 9.22 Å². The fraction of sp³-hybridized carbons (Fsp3) is 0.750. The van der Waals surface area contributed by atoms with Gasteiger partial charge in [0.15, 0.2) is 0 Å². The van der Waals surface area contributed by atoms with Crippen LogP contribution in [0, 0.1) is 0 Å². The highest BCUT2D eigenvalue weighted by Crippen LogP contribution is 2.05. The van der Waals surface area contributed by atoms with Crippen molar-refractivity contribution in [3.05, 3.63) is 10.2 Å². The molecule has 0 saturated carbocycles. The van der Waals surface area contributed by atoms with Crippen molar-refractivity contribution in [3.8, 4) is 0 Å². The highest BCUT2D eigenvalue weighted by Gasteiger charge is 1.98. The third-order valence-electron chi connectivity index (χ3n) is 1.39. The Morgan fingerprint density at radius 2 is 2.08 bits per heavy atom. The summed E-state index contributed by atoms with van der Waals surface area (Å²) in [5.74, 6) is 0. The zero-order valence-corrected chi connectivity index (χ0v) is 15.0. The fourth-order valence-corrected chi connectivity index (χ4v) is 1.06. The van der Waals surface area contributed by atoms with Crippen LogP contribution in [0.2, 0.25) is 0 Å². The van der Waals surface area contributed by atoms with Crippen LogP contribution < -0.4 is 0 Å². The molecule has 0 heterocycles. The van der Waals surface area contributed by atoms with Crippen LogP contribution in [0.15, 0.2) is 10.2 Å². The van der Waals surface area contributed by atoms with Crippen LogP contribution in [-0.2, 0) is 4.12 Å². The Balaban J connectivity index is 0. The smallest absolute Gasteiger partial charge is 0.129 e. The molecule has 80 valence electrons. The van der Waals surface area contributed by atoms with Gasteiger partial charge in [-0.25, -0.2) is 0 Å². The van der Waals surface area contributed by atoms with E-state index in [1.807, 2.05) is 10.2 Å². The van der Waals surface area contributed by atoms with Crippen molar-refractivity contribution in [2.45, 2.75) is 38.7 Å². The molecule has 0 rings (SSSR count). The number of hydrogen-bond donors (Lipinski definition) is 1. The van der Waals surface area contributed by atoms with Gasteiger partial charge in [0.05, 0.1) is 6.10 Å². The zero-order valence-electron chi connectivity index (χ0n) is 8.79. The topological polar surface area (TPSA) is 29.5 Å². The van der Waals surface area contributed by atoms with E-state index < -0.39 is 0 Å². The standard InChI is InChI=1S/C8H15IO.H6OSi2/c1-2-3-5-8(10)6-4-7-9;2-1-3/h4,7-8,10H,2-3,5-6H2,1H3;2-3H3/b7-4+;. The first kappa shape index (κ1) is 16.3. The first-order chi connectivity index (χ1) is 6.22. The Kier molecular flexibility index (Phi) is 19.1. The third-order valence-corrected chi connectivity index (χ3v) is 1.90. The molecule has 0 fully saturated rings. The summed E-state index contributed by atoms with van der Waals surface area (Å²) in [6.07, 6.45) is 5.94. The van der Waals surface area contributed by atoms with Gasteiger partial charge in [0.1, 0.15) is 21.0 Å². The number of halogens is 1. The lowest BCUT2D eigenvalue weighted by Crippen LogP contribution is -2.03. The van der Waals surface area contributed by atoms with Crippen LogP contribution in [0.3, 0.4) is 0 Å². The second kappa shape index (κ2) is 15.3. The molecular weight excluding hydrogens is 311 g/mol. The number of unbranched alkanes of at least 4 members (excludes halogenated alkanes) is 1. The van der Waals surface area contributed by atoms with Crippen molar-refractivity contribution in [2.24, 2.45) is 0 Å². The van der Waals surface area contributed by atoms with E-state index in [-0.39, 0.29) is 6.10 Å². The van der Waals surface area contributed by atoms with Crippen molar-refractivity contribution in [3.63, 3.8) is 0 Å². The van der Waals surface area contributed by atoms with Gasteiger partial charge in [0.2, 0.25) is 0 Å². The molecule has 0 aliphatic rings. The molecule has 0 bridgehead atoms. The van der Waals surface area contributed by atoms with Gasteiger partial charge in [-0.1, -0.05) is 48.4 Å². The zero-order chi connectivity index (χ0) is 10.5. The monoisotopic (exact) mass is 332 g/mol. The summed E-state index contributed by atoms with van der Waals surface area (Å²) in [5.41, 5.74) is 0. The van der Waals surface area contributed by atoms with Crippen LogP contribution in [0.4, 0.5) is 0 Å². The molecule has 0 spiro atoms. The van der Waals surface area contributed by atoms with Crippen LogP contribution >= 0.6 is 22.6 Å². The van der Waals surface area contributed by atoms with Crippen molar-refractivity contribution in [2.75, 3.05) is 0 Å². The van der Waals surface area contributed by atoms with E-state index in [4.69, 9.17) is 0 Å². The summed E-state index contributed by atoms with van der Waals surface area (Å²) in [6.45, 7) is 2.14. The second-order valence-corrected chi connectivity index (χ2v) is 6.79. The predicted octanol–water partition coefficient (Wildman–Crippen LogP) is 0.440. The molecular formula is C8H21IO2Si2. The first-order valence-corrected chi connectivity index (χ1v) is 7.44. The lowest BCUT2D eigenvalue weighted by Gasteiger charge is -2.04. The molecule has 2 nitrogen and oxygen atoms in total. The minimum absolute atomic E-state index is 0.119. The molecule has 0 aromatic heterocycles. The largest absolute Gasteiger partial charge is 0.471 e. The van der Waals surface area contributed by atoms with Crippen molar-refractivity contribution < 1.29 is 9.22 Å². The third kappa shape index (κ3) is 19.3. The lowest BCUT2D eigenvalue weighted by atomic mass is 10.1. The average molecular weight is 332 g/mol. The molecule has 1 atom stereocenters. The number of aliphatic hydroxyl groups excluding tert-OH is 1. The molecule has 0 aromatic rings. The van der Waals surface area contributed by atoms with Crippen molar-refractivity contribution in [1.82, 2.24) is 0 Å². The maximum Gasteiger partial charge on any atom is 0.129 e. The highest BCUT2D eigenvalue weighted by molar-refractivity contribution is 14.1. The number of hydrogen-bond acceptors (Lipinski definition) is 2. The van der Waals surface area contributed by atoms with Gasteiger partial charge in [-0.2, -0.15) is 0 Å². The SMILES string of the molecule is CCCCC(O)C/C=C/I.[SiH3]O[SiH3]. The molecule has 0 aromatic carbocycles. The quantitative estimate of drug-likeness (QED) is 0.585. The van der Waals surface area contributed by atoms with E-state index in [9.17, 15) is 5.11 Å². The van der Waals surface area contributed by atoms with Crippen LogP contribution in [0.25, 0.3) is 0 Å². The Hall–Kier alpha value is 0.824. The molecule has 5 heteroatoms. The predicted molar refractivity (Wildman–Crippen MR) is 74.3 cm³/mol. The van der Waals surface area contributed by atoms with Gasteiger partial charge in [-0.05, 0) is 16.9 Å². The molecule has 1 N–H and O–H groups in total. The van der Waals surface area contributed by atoms with E-state index in [0.29, 0.717) is 0 Å². The maximum absolute atomic E-state index is 9.26. The van der Waals surface area contributed by atoms with Gasteiger partial charge in [0, 0.05) is 0 Å². The van der Waals surface area contributed by atoms with Gasteiger partial charge in [-0.3, -0.25) is 0 Å². The average Bonchev–Trinajstić information content (AvgIpc) is 2.12. The van der Waals surface area contributed by atoms with Crippen molar-refractivity contribution in [1.29, 1.82) is 0 Å². The van der Waals surface area contributed by atoms with Gasteiger partial charge in [0.25, 0.3) is 0 Å². The molecule has 1 unspecified atom stereocenters. The van der Waals surface area contributed by atoms with Crippen LogP contribution in [0.5, 0.6) is 0 Å². The number of rotatable bonds is 5. The van der Waals surface area contributed by atoms with E-state index in [2.05, 4.69) is 33.6 Å². The van der Waals surface area contributed by atoms with Gasteiger partial charge in [-0.15, -0.1) is 0 Å². The Morgan fingerprint density at radius 3 is 2.46 bits per heavy atom. The molecule has 0 saturated heterocycles. The second-order valence-electron chi connectivity index (χ2n) is 2.80. The minimum Gasteiger partial charge on any atom is -0.471 e. The molecule has 0 amide bonds. The summed E-state index contributed by atoms with van der Waals surface area (Å²) in [7, 11) is 1.86. The highest BCUT2D eigenvalue weighted by atomic mass is 127. The molecule has 0 radical (unpaired) electrons. The maximum atomic E-state index is 9.26. The lowest BCUT2D eigenvalue weighted by molar-refractivity contribution is 0.164. The van der Waals surface area contributed by atoms with Gasteiger partial charge >= 0.3 is 0 Å². The number of aliphatic hydroxyl groups is 1. The fourth-order valence-electron chi connectivity index (χ4n) is 0.766. The van der Waals surface area contributed by atoms with E-state index >= 15 is 0 Å². The first-order valence-electron chi connectivity index (χ1n) is 4.56. The Labute approximate surface area is 101 Å². The molecule has 13 heavy (non-hydrogen) atoms. The van der Waals surface area contributed by atoms with E-state index in [1.54, 1.807) is 0 Å². The van der Waals surface area contributed by atoms with E-state index in [0.717, 1.165) is 40.2 Å². The normalized spacial score (nSPS) is 12.8. The summed E-state index contributed by atoms with van der Waals surface area (Å²) in [5, 5.41) is 9.26. The van der Waals surface area contributed by atoms with Crippen molar-refractivity contribution >= 4 is 43.6 Å². The van der Waals surface area contributed by atoms with E-state index in [1.165, 1.54) is 6.42 Å².